The van der Waals surface area contributed by atoms with Gasteiger partial charge in [0.15, 0.2) is 11.5 Å². The molecule has 0 aliphatic rings. The van der Waals surface area contributed by atoms with E-state index in [1.54, 1.807) is 57.5 Å². The second-order valence-corrected chi connectivity index (χ2v) is 8.21. The second-order valence-electron chi connectivity index (χ2n) is 7.78. The molecule has 9 heteroatoms. The van der Waals surface area contributed by atoms with Crippen LogP contribution >= 0.6 is 11.6 Å². The summed E-state index contributed by atoms with van der Waals surface area (Å²) in [6.45, 7) is 3.11. The van der Waals surface area contributed by atoms with E-state index in [-0.39, 0.29) is 37.1 Å². The average Bonchev–Trinajstić information content (AvgIpc) is 2.82. The van der Waals surface area contributed by atoms with E-state index in [4.69, 9.17) is 21.1 Å². The first-order chi connectivity index (χ1) is 16.3. The van der Waals surface area contributed by atoms with E-state index in [9.17, 15) is 14.7 Å². The zero-order valence-corrected chi connectivity index (χ0v) is 20.3. The van der Waals surface area contributed by atoms with Gasteiger partial charge >= 0.3 is 0 Å². The number of aliphatic hydroxyl groups excluding tert-OH is 1. The largest absolute Gasteiger partial charge is 0.493 e. The minimum Gasteiger partial charge on any atom is -0.493 e. The van der Waals surface area contributed by atoms with Crippen molar-refractivity contribution < 1.29 is 19.4 Å². The molecule has 0 aliphatic carbocycles. The minimum atomic E-state index is -0.370. The summed E-state index contributed by atoms with van der Waals surface area (Å²) >= 11 is 6.15. The Balaban J connectivity index is 1.93. The normalized spacial score (nSPS) is 11.7. The van der Waals surface area contributed by atoms with E-state index in [0.29, 0.717) is 39.2 Å². The van der Waals surface area contributed by atoms with Crippen molar-refractivity contribution in [3.63, 3.8) is 0 Å². The molecule has 2 aromatic carbocycles. The van der Waals surface area contributed by atoms with Crippen molar-refractivity contribution in [2.45, 2.75) is 32.9 Å². The number of rotatable bonds is 9. The average molecular weight is 486 g/mol. The highest BCUT2D eigenvalue weighted by molar-refractivity contribution is 6.30. The lowest BCUT2D eigenvalue weighted by molar-refractivity contribution is -0.122. The van der Waals surface area contributed by atoms with E-state index >= 15 is 0 Å². The fourth-order valence-corrected chi connectivity index (χ4v) is 3.92. The maximum absolute atomic E-state index is 13.3. The molecule has 1 amide bonds. The SMILES string of the molecule is COc1ccc(C(C)NC(=O)Cn2c(-c3cccc(Cl)c3)nc(C)c(CCO)c2=O)cc1OC. The first-order valence-corrected chi connectivity index (χ1v) is 11.1. The van der Waals surface area contributed by atoms with Crippen LogP contribution in [-0.2, 0) is 17.8 Å². The summed E-state index contributed by atoms with van der Waals surface area (Å²) < 4.78 is 11.9. The first-order valence-electron chi connectivity index (χ1n) is 10.8. The van der Waals surface area contributed by atoms with Crippen LogP contribution in [0.2, 0.25) is 5.02 Å². The van der Waals surface area contributed by atoms with E-state index in [0.717, 1.165) is 5.56 Å². The molecule has 3 aromatic rings. The fraction of sp³-hybridized carbons (Fsp3) is 0.320. The highest BCUT2D eigenvalue weighted by Crippen LogP contribution is 2.30. The van der Waals surface area contributed by atoms with Crippen molar-refractivity contribution in [2.75, 3.05) is 20.8 Å². The number of amides is 1. The number of aliphatic hydroxyl groups is 1. The van der Waals surface area contributed by atoms with Gasteiger partial charge in [-0.1, -0.05) is 29.8 Å². The van der Waals surface area contributed by atoms with E-state index < -0.39 is 0 Å². The fourth-order valence-electron chi connectivity index (χ4n) is 3.73. The summed E-state index contributed by atoms with van der Waals surface area (Å²) in [5, 5.41) is 12.8. The zero-order valence-electron chi connectivity index (χ0n) is 19.6. The Bertz CT molecular complexity index is 1240. The number of nitrogens with zero attached hydrogens (tertiary/aromatic N) is 2. The second kappa shape index (κ2) is 11.2. The van der Waals surface area contributed by atoms with E-state index in [1.165, 1.54) is 4.57 Å². The lowest BCUT2D eigenvalue weighted by atomic mass is 10.1. The van der Waals surface area contributed by atoms with Gasteiger partial charge in [-0.2, -0.15) is 0 Å². The Kier molecular flexibility index (Phi) is 8.31. The summed E-state index contributed by atoms with van der Waals surface area (Å²) in [4.78, 5) is 30.9. The number of hydrogen-bond donors (Lipinski definition) is 2. The molecule has 0 saturated carbocycles. The molecular formula is C25H28ClN3O5. The third-order valence-corrected chi connectivity index (χ3v) is 5.74. The standard InChI is InChI=1S/C25H28ClN3O5/c1-15(17-8-9-21(33-3)22(13-17)34-4)27-23(31)14-29-24(18-6-5-7-19(26)12-18)28-16(2)20(10-11-30)25(29)32/h5-9,12-13,15,30H,10-11,14H2,1-4H3,(H,27,31). The number of aryl methyl sites for hydroxylation is 1. The van der Waals surface area contributed by atoms with Gasteiger partial charge in [0.1, 0.15) is 12.4 Å². The molecule has 0 aliphatic heterocycles. The van der Waals surface area contributed by atoms with Crippen LogP contribution in [0, 0.1) is 6.92 Å². The minimum absolute atomic E-state index is 0.150. The lowest BCUT2D eigenvalue weighted by Crippen LogP contribution is -2.36. The lowest BCUT2D eigenvalue weighted by Gasteiger charge is -2.19. The molecule has 0 radical (unpaired) electrons. The van der Waals surface area contributed by atoms with Crippen LogP contribution in [0.3, 0.4) is 0 Å². The number of halogens is 1. The maximum atomic E-state index is 13.3. The van der Waals surface area contributed by atoms with Crippen LogP contribution in [0.5, 0.6) is 11.5 Å². The Morgan fingerprint density at radius 1 is 1.18 bits per heavy atom. The Morgan fingerprint density at radius 3 is 2.56 bits per heavy atom. The number of methoxy groups -OCH3 is 2. The van der Waals surface area contributed by atoms with Gasteiger partial charge in [-0.25, -0.2) is 4.98 Å². The van der Waals surface area contributed by atoms with Crippen LogP contribution in [0.25, 0.3) is 11.4 Å². The topological polar surface area (TPSA) is 103 Å². The molecule has 1 heterocycles. The molecule has 1 aromatic heterocycles. The van der Waals surface area contributed by atoms with Crippen molar-refractivity contribution in [1.29, 1.82) is 0 Å². The summed E-state index contributed by atoms with van der Waals surface area (Å²) in [7, 11) is 3.10. The predicted octanol–water partition coefficient (Wildman–Crippen LogP) is 3.30. The van der Waals surface area contributed by atoms with Crippen molar-refractivity contribution in [3.8, 4) is 22.9 Å². The van der Waals surface area contributed by atoms with Crippen LogP contribution in [0.4, 0.5) is 0 Å². The summed E-state index contributed by atoms with van der Waals surface area (Å²) in [5.41, 5.74) is 1.93. The molecule has 0 spiro atoms. The Hall–Kier alpha value is -3.36. The van der Waals surface area contributed by atoms with E-state index in [2.05, 4.69) is 10.3 Å². The number of aromatic nitrogens is 2. The monoisotopic (exact) mass is 485 g/mol. The number of ether oxygens (including phenoxy) is 2. The highest BCUT2D eigenvalue weighted by atomic mass is 35.5. The van der Waals surface area contributed by atoms with Crippen molar-refractivity contribution in [1.82, 2.24) is 14.9 Å². The molecule has 2 N–H and O–H groups in total. The number of carbonyl (C=O) groups is 1. The molecule has 0 bridgehead atoms. The van der Waals surface area contributed by atoms with Gasteiger partial charge in [-0.15, -0.1) is 0 Å². The Labute approximate surface area is 203 Å². The van der Waals surface area contributed by atoms with Crippen molar-refractivity contribution in [3.05, 3.63) is 74.7 Å². The van der Waals surface area contributed by atoms with Gasteiger partial charge in [-0.3, -0.25) is 14.2 Å². The zero-order chi connectivity index (χ0) is 24.8. The van der Waals surface area contributed by atoms with Gasteiger partial charge in [0, 0.05) is 34.9 Å². The highest BCUT2D eigenvalue weighted by Gasteiger charge is 2.19. The maximum Gasteiger partial charge on any atom is 0.257 e. The van der Waals surface area contributed by atoms with Crippen molar-refractivity contribution >= 4 is 17.5 Å². The molecule has 0 saturated heterocycles. The van der Waals surface area contributed by atoms with Gasteiger partial charge in [0.05, 0.1) is 20.3 Å². The summed E-state index contributed by atoms with van der Waals surface area (Å²) in [6.07, 6.45) is 0.150. The summed E-state index contributed by atoms with van der Waals surface area (Å²) in [6, 6.07) is 12.0. The number of nitrogens with one attached hydrogen (secondary N) is 1. The number of hydrogen-bond acceptors (Lipinski definition) is 6. The van der Waals surface area contributed by atoms with Gasteiger partial charge < -0.3 is 19.9 Å². The molecule has 1 atom stereocenters. The van der Waals surface area contributed by atoms with E-state index in [1.807, 2.05) is 13.0 Å². The summed E-state index contributed by atoms with van der Waals surface area (Å²) in [5.74, 6) is 1.11. The third-order valence-electron chi connectivity index (χ3n) is 5.50. The van der Waals surface area contributed by atoms with Gasteiger partial charge in [-0.05, 0) is 43.7 Å². The molecule has 8 nitrogen and oxygen atoms in total. The van der Waals surface area contributed by atoms with Crippen molar-refractivity contribution in [2.24, 2.45) is 0 Å². The van der Waals surface area contributed by atoms with Crippen LogP contribution in [0.1, 0.15) is 29.8 Å². The first kappa shape index (κ1) is 25.3. The molecule has 1 unspecified atom stereocenters. The Morgan fingerprint density at radius 2 is 1.91 bits per heavy atom. The molecule has 34 heavy (non-hydrogen) atoms. The van der Waals surface area contributed by atoms with Gasteiger partial charge in [0.2, 0.25) is 5.91 Å². The van der Waals surface area contributed by atoms with Crippen LogP contribution < -0.4 is 20.3 Å². The number of carbonyl (C=O) groups excluding carboxylic acids is 1. The third kappa shape index (κ3) is 5.58. The van der Waals surface area contributed by atoms with Crippen LogP contribution in [0.15, 0.2) is 47.3 Å². The smallest absolute Gasteiger partial charge is 0.257 e. The van der Waals surface area contributed by atoms with Gasteiger partial charge in [0.25, 0.3) is 5.56 Å². The molecule has 0 fully saturated rings. The van der Waals surface area contributed by atoms with Crippen LogP contribution in [-0.4, -0.2) is 41.4 Å². The predicted molar refractivity (Wildman–Crippen MR) is 131 cm³/mol. The molecular weight excluding hydrogens is 458 g/mol. The number of benzene rings is 2. The molecule has 180 valence electrons. The molecule has 3 rings (SSSR count). The quantitative estimate of drug-likeness (QED) is 0.482.